The molecule has 3 amide bonds. The molecule has 0 spiro atoms. The first-order valence-electron chi connectivity index (χ1n) is 11.2. The van der Waals surface area contributed by atoms with Crippen LogP contribution in [0.4, 0.5) is 10.5 Å². The quantitative estimate of drug-likeness (QED) is 0.589. The summed E-state index contributed by atoms with van der Waals surface area (Å²) in [5.41, 5.74) is 3.02. The molecule has 2 N–H and O–H groups in total. The molecule has 0 unspecified atom stereocenters. The molecule has 0 atom stereocenters. The number of nitrogens with one attached hydrogen (secondary N) is 2. The van der Waals surface area contributed by atoms with Crippen LogP contribution in [0.1, 0.15) is 36.5 Å². The van der Waals surface area contributed by atoms with Gasteiger partial charge >= 0.3 is 6.03 Å². The van der Waals surface area contributed by atoms with Crippen molar-refractivity contribution >= 4 is 28.7 Å². The summed E-state index contributed by atoms with van der Waals surface area (Å²) in [6.45, 7) is 5.08. The maximum Gasteiger partial charge on any atom is 0.319 e. The van der Waals surface area contributed by atoms with Crippen molar-refractivity contribution in [2.24, 2.45) is 0 Å². The Hall–Kier alpha value is -3.55. The van der Waals surface area contributed by atoms with Gasteiger partial charge in [0.25, 0.3) is 5.91 Å². The molecule has 4 rings (SSSR count). The zero-order valence-electron chi connectivity index (χ0n) is 18.3. The number of hydrogen-bond donors (Lipinski definition) is 2. The third kappa shape index (κ3) is 5.01. The van der Waals surface area contributed by atoms with Gasteiger partial charge in [0, 0.05) is 31.7 Å². The number of carbonyl (C=O) groups is 2. The number of ether oxygens (including phenoxy) is 1. The lowest BCUT2D eigenvalue weighted by molar-refractivity contribution is 0.0724. The van der Waals surface area contributed by atoms with Crippen molar-refractivity contribution in [1.29, 1.82) is 0 Å². The molecule has 8 heteroatoms. The van der Waals surface area contributed by atoms with E-state index in [1.165, 1.54) is 6.42 Å². The minimum absolute atomic E-state index is 0.0758. The summed E-state index contributed by atoms with van der Waals surface area (Å²) in [6, 6.07) is 12.7. The Kier molecular flexibility index (Phi) is 6.89. The van der Waals surface area contributed by atoms with Gasteiger partial charge in [-0.05, 0) is 56.5 Å². The van der Waals surface area contributed by atoms with Gasteiger partial charge in [-0.15, -0.1) is 0 Å². The zero-order valence-corrected chi connectivity index (χ0v) is 18.3. The second-order valence-corrected chi connectivity index (χ2v) is 7.80. The Morgan fingerprint density at radius 1 is 1.09 bits per heavy atom. The minimum Gasteiger partial charge on any atom is -0.492 e. The lowest BCUT2D eigenvalue weighted by atomic mass is 10.1. The molecule has 8 nitrogen and oxygen atoms in total. The molecule has 1 saturated heterocycles. The first-order chi connectivity index (χ1) is 15.7. The van der Waals surface area contributed by atoms with E-state index < -0.39 is 0 Å². The molecule has 1 aromatic heterocycles. The fraction of sp³-hybridized carbons (Fsp3) is 0.375. The van der Waals surface area contributed by atoms with Gasteiger partial charge in [0.1, 0.15) is 5.75 Å². The zero-order chi connectivity index (χ0) is 22.3. The number of urea groups is 1. The summed E-state index contributed by atoms with van der Waals surface area (Å²) in [4.78, 5) is 31.4. The number of hydrogen-bond acceptors (Lipinski definition) is 4. The summed E-state index contributed by atoms with van der Waals surface area (Å²) >= 11 is 0. The van der Waals surface area contributed by atoms with Crippen LogP contribution in [-0.4, -0.2) is 52.6 Å². The second-order valence-electron chi connectivity index (χ2n) is 7.80. The van der Waals surface area contributed by atoms with Gasteiger partial charge in [-0.25, -0.2) is 9.78 Å². The number of likely N-dealkylation sites (tertiary alicyclic amines) is 1. The van der Waals surface area contributed by atoms with Gasteiger partial charge in [-0.1, -0.05) is 12.1 Å². The number of carbonyl (C=O) groups excluding carboxylic acids is 2. The molecule has 32 heavy (non-hydrogen) atoms. The van der Waals surface area contributed by atoms with E-state index >= 15 is 0 Å². The maximum atomic E-state index is 12.7. The molecule has 0 radical (unpaired) electrons. The van der Waals surface area contributed by atoms with Gasteiger partial charge in [0.15, 0.2) is 0 Å². The predicted octanol–water partition coefficient (Wildman–Crippen LogP) is 3.88. The number of imidazole rings is 1. The van der Waals surface area contributed by atoms with E-state index in [1.54, 1.807) is 12.4 Å². The Labute approximate surface area is 187 Å². The highest BCUT2D eigenvalue weighted by atomic mass is 16.5. The fourth-order valence-corrected chi connectivity index (χ4v) is 3.96. The van der Waals surface area contributed by atoms with E-state index in [4.69, 9.17) is 4.74 Å². The van der Waals surface area contributed by atoms with Crippen LogP contribution in [0.5, 0.6) is 5.75 Å². The van der Waals surface area contributed by atoms with Crippen LogP contribution in [0.25, 0.3) is 11.0 Å². The Morgan fingerprint density at radius 3 is 2.72 bits per heavy atom. The molecule has 0 aliphatic carbocycles. The predicted molar refractivity (Wildman–Crippen MR) is 124 cm³/mol. The van der Waals surface area contributed by atoms with Crippen molar-refractivity contribution in [1.82, 2.24) is 19.8 Å². The average Bonchev–Trinajstić information content (AvgIpc) is 3.23. The highest BCUT2D eigenvalue weighted by Crippen LogP contribution is 2.23. The monoisotopic (exact) mass is 435 g/mol. The third-order valence-corrected chi connectivity index (χ3v) is 5.58. The first-order valence-corrected chi connectivity index (χ1v) is 11.2. The molecule has 0 bridgehead atoms. The minimum atomic E-state index is -0.295. The number of piperidine rings is 1. The third-order valence-electron chi connectivity index (χ3n) is 5.58. The number of fused-ring (bicyclic) bond motifs is 1. The van der Waals surface area contributed by atoms with Crippen LogP contribution in [0.3, 0.4) is 0 Å². The van der Waals surface area contributed by atoms with E-state index in [0.29, 0.717) is 36.7 Å². The van der Waals surface area contributed by atoms with Crippen molar-refractivity contribution in [2.75, 3.05) is 31.6 Å². The van der Waals surface area contributed by atoms with Gasteiger partial charge in [0.05, 0.1) is 29.7 Å². The normalized spacial score (nSPS) is 13.7. The Bertz CT molecular complexity index is 1090. The van der Waals surface area contributed by atoms with Crippen LogP contribution in [0.2, 0.25) is 0 Å². The molecule has 1 aliphatic heterocycles. The molecule has 1 aliphatic rings. The SMILES string of the molecule is CCOc1ccccc1NC(=O)NCCn1cnc2cc(C(=O)N3CCCCC3)ccc21. The molecular formula is C24H29N5O3. The number of aromatic nitrogens is 2. The van der Waals surface area contributed by atoms with Crippen LogP contribution in [-0.2, 0) is 6.54 Å². The number of anilines is 1. The van der Waals surface area contributed by atoms with E-state index in [9.17, 15) is 9.59 Å². The van der Waals surface area contributed by atoms with Crippen molar-refractivity contribution in [3.8, 4) is 5.75 Å². The standard InChI is InChI=1S/C24H29N5O3/c1-2-32-22-9-5-4-8-19(22)27-24(31)25-12-15-29-17-26-20-16-18(10-11-21(20)29)23(30)28-13-6-3-7-14-28/h4-5,8-11,16-17H,2-3,6-7,12-15H2,1H3,(H2,25,27,31). The van der Waals surface area contributed by atoms with Crippen LogP contribution in [0.15, 0.2) is 48.8 Å². The van der Waals surface area contributed by atoms with Crippen LogP contribution >= 0.6 is 0 Å². The van der Waals surface area contributed by atoms with Crippen molar-refractivity contribution in [3.05, 3.63) is 54.4 Å². The van der Waals surface area contributed by atoms with E-state index in [2.05, 4.69) is 15.6 Å². The second kappa shape index (κ2) is 10.2. The number of rotatable bonds is 7. The van der Waals surface area contributed by atoms with Gasteiger partial charge in [-0.3, -0.25) is 4.79 Å². The van der Waals surface area contributed by atoms with Gasteiger partial charge in [-0.2, -0.15) is 0 Å². The van der Waals surface area contributed by atoms with Gasteiger partial charge in [0.2, 0.25) is 0 Å². The van der Waals surface area contributed by atoms with E-state index in [0.717, 1.165) is 37.0 Å². The van der Waals surface area contributed by atoms with Crippen LogP contribution < -0.4 is 15.4 Å². The topological polar surface area (TPSA) is 88.5 Å². The first kappa shape index (κ1) is 21.7. The van der Waals surface area contributed by atoms with E-state index in [-0.39, 0.29) is 11.9 Å². The fourth-order valence-electron chi connectivity index (χ4n) is 3.96. The Balaban J connectivity index is 1.34. The summed E-state index contributed by atoms with van der Waals surface area (Å²) < 4.78 is 7.50. The highest BCUT2D eigenvalue weighted by Gasteiger charge is 2.19. The van der Waals surface area contributed by atoms with Gasteiger partial charge < -0.3 is 24.8 Å². The maximum absolute atomic E-state index is 12.7. The summed E-state index contributed by atoms with van der Waals surface area (Å²) in [7, 11) is 0. The number of amides is 3. The summed E-state index contributed by atoms with van der Waals surface area (Å²) in [5.74, 6) is 0.715. The largest absolute Gasteiger partial charge is 0.492 e. The smallest absolute Gasteiger partial charge is 0.319 e. The molecular weight excluding hydrogens is 406 g/mol. The van der Waals surface area contributed by atoms with E-state index in [1.807, 2.05) is 52.8 Å². The summed E-state index contributed by atoms with van der Waals surface area (Å²) in [5, 5.41) is 5.68. The van der Waals surface area contributed by atoms with Crippen molar-refractivity contribution in [2.45, 2.75) is 32.7 Å². The molecule has 2 heterocycles. The molecule has 2 aromatic carbocycles. The highest BCUT2D eigenvalue weighted by molar-refractivity contribution is 5.97. The summed E-state index contributed by atoms with van der Waals surface area (Å²) in [6.07, 6.45) is 5.07. The van der Waals surface area contributed by atoms with Crippen LogP contribution in [0, 0.1) is 0 Å². The molecule has 1 fully saturated rings. The number of para-hydroxylation sites is 2. The molecule has 3 aromatic rings. The molecule has 168 valence electrons. The molecule has 0 saturated carbocycles. The Morgan fingerprint density at radius 2 is 1.91 bits per heavy atom. The van der Waals surface area contributed by atoms with Crippen molar-refractivity contribution in [3.63, 3.8) is 0 Å². The van der Waals surface area contributed by atoms with Crippen molar-refractivity contribution < 1.29 is 14.3 Å². The lowest BCUT2D eigenvalue weighted by Gasteiger charge is -2.26. The number of benzene rings is 2. The average molecular weight is 436 g/mol. The number of nitrogens with zero attached hydrogens (tertiary/aromatic N) is 3. The lowest BCUT2D eigenvalue weighted by Crippen LogP contribution is -2.35.